The largest absolute Gasteiger partial charge is 0.374 e. The Balaban J connectivity index is 1.43. The minimum Gasteiger partial charge on any atom is -0.374 e. The summed E-state index contributed by atoms with van der Waals surface area (Å²) in [5.74, 6) is 0. The standard InChI is InChI=1S/C13H24N4O3/c18-17(19)13-4-3-11(7-15-13)16-5-6-20-12(9-16)8-14-10-1-2-10/h10-15H,1-9H2. The Hall–Kier alpha value is -0.760. The van der Waals surface area contributed by atoms with Crippen molar-refractivity contribution in [3.8, 4) is 0 Å². The molecule has 2 N–H and O–H groups in total. The highest BCUT2D eigenvalue weighted by Gasteiger charge is 2.33. The lowest BCUT2D eigenvalue weighted by atomic mass is 10.0. The molecule has 0 amide bonds. The van der Waals surface area contributed by atoms with Crippen molar-refractivity contribution in [3.05, 3.63) is 10.1 Å². The normalized spacial score (nSPS) is 35.9. The quantitative estimate of drug-likeness (QED) is 0.537. The summed E-state index contributed by atoms with van der Waals surface area (Å²) < 4.78 is 5.80. The maximum atomic E-state index is 10.7. The van der Waals surface area contributed by atoms with E-state index in [9.17, 15) is 10.1 Å². The maximum Gasteiger partial charge on any atom is 0.266 e. The molecule has 2 saturated heterocycles. The van der Waals surface area contributed by atoms with Gasteiger partial charge < -0.3 is 10.1 Å². The number of nitrogens with one attached hydrogen (secondary N) is 2. The number of hydrogen-bond acceptors (Lipinski definition) is 6. The van der Waals surface area contributed by atoms with Crippen molar-refractivity contribution < 1.29 is 9.66 Å². The molecule has 0 aromatic heterocycles. The Bertz CT molecular complexity index is 343. The Morgan fingerprint density at radius 2 is 2.20 bits per heavy atom. The van der Waals surface area contributed by atoms with Gasteiger partial charge in [0.1, 0.15) is 0 Å². The SMILES string of the molecule is O=[N+]([O-])C1CCC(N2CCOC(CNC3CC3)C2)CN1. The molecule has 2 heterocycles. The Kier molecular flexibility index (Phi) is 4.50. The van der Waals surface area contributed by atoms with Gasteiger partial charge in [-0.05, 0) is 19.3 Å². The van der Waals surface area contributed by atoms with E-state index in [0.717, 1.165) is 32.7 Å². The predicted molar refractivity (Wildman–Crippen MR) is 74.1 cm³/mol. The summed E-state index contributed by atoms with van der Waals surface area (Å²) >= 11 is 0. The molecule has 3 fully saturated rings. The molecule has 1 aliphatic carbocycles. The second-order valence-electron chi connectivity index (χ2n) is 6.11. The summed E-state index contributed by atoms with van der Waals surface area (Å²) in [5, 5.41) is 17.3. The molecule has 0 spiro atoms. The van der Waals surface area contributed by atoms with Crippen LogP contribution in [0.1, 0.15) is 25.7 Å². The highest BCUT2D eigenvalue weighted by atomic mass is 16.6. The Morgan fingerprint density at radius 1 is 1.35 bits per heavy atom. The fraction of sp³-hybridized carbons (Fsp3) is 1.00. The third kappa shape index (κ3) is 3.66. The van der Waals surface area contributed by atoms with Gasteiger partial charge in [0.25, 0.3) is 6.17 Å². The van der Waals surface area contributed by atoms with E-state index in [2.05, 4.69) is 15.5 Å². The van der Waals surface area contributed by atoms with Gasteiger partial charge in [-0.2, -0.15) is 0 Å². The number of rotatable bonds is 5. The number of piperidine rings is 1. The van der Waals surface area contributed by atoms with Crippen molar-refractivity contribution in [1.82, 2.24) is 15.5 Å². The van der Waals surface area contributed by atoms with Crippen molar-refractivity contribution in [3.63, 3.8) is 0 Å². The van der Waals surface area contributed by atoms with Crippen molar-refractivity contribution in [2.24, 2.45) is 0 Å². The number of ether oxygens (including phenoxy) is 1. The van der Waals surface area contributed by atoms with Crippen LogP contribution in [0.4, 0.5) is 0 Å². The Labute approximate surface area is 119 Å². The minimum absolute atomic E-state index is 0.210. The van der Waals surface area contributed by atoms with Crippen LogP contribution in [0.3, 0.4) is 0 Å². The fourth-order valence-electron chi connectivity index (χ4n) is 3.10. The number of nitro groups is 1. The first-order valence-electron chi connectivity index (χ1n) is 7.68. The summed E-state index contributed by atoms with van der Waals surface area (Å²) in [7, 11) is 0. The van der Waals surface area contributed by atoms with E-state index in [1.54, 1.807) is 0 Å². The monoisotopic (exact) mass is 284 g/mol. The van der Waals surface area contributed by atoms with Gasteiger partial charge in [0.15, 0.2) is 0 Å². The first-order chi connectivity index (χ1) is 9.72. The molecule has 114 valence electrons. The Morgan fingerprint density at radius 3 is 2.85 bits per heavy atom. The van der Waals surface area contributed by atoms with E-state index in [1.807, 2.05) is 0 Å². The lowest BCUT2D eigenvalue weighted by Crippen LogP contribution is -2.57. The zero-order chi connectivity index (χ0) is 13.9. The molecule has 3 aliphatic rings. The second kappa shape index (κ2) is 6.34. The van der Waals surface area contributed by atoms with Crippen LogP contribution < -0.4 is 10.6 Å². The third-order valence-corrected chi connectivity index (χ3v) is 4.52. The molecule has 3 rings (SSSR count). The smallest absolute Gasteiger partial charge is 0.266 e. The molecule has 7 heteroatoms. The van der Waals surface area contributed by atoms with Crippen molar-refractivity contribution in [1.29, 1.82) is 0 Å². The molecular weight excluding hydrogens is 260 g/mol. The molecule has 0 radical (unpaired) electrons. The topological polar surface area (TPSA) is 79.7 Å². The second-order valence-corrected chi connectivity index (χ2v) is 6.11. The van der Waals surface area contributed by atoms with E-state index < -0.39 is 6.17 Å². The lowest BCUT2D eigenvalue weighted by molar-refractivity contribution is -0.532. The first kappa shape index (κ1) is 14.2. The molecule has 0 aromatic carbocycles. The van der Waals surface area contributed by atoms with E-state index >= 15 is 0 Å². The number of nitrogens with zero attached hydrogens (tertiary/aromatic N) is 2. The minimum atomic E-state index is -0.556. The molecule has 3 unspecified atom stereocenters. The summed E-state index contributed by atoms with van der Waals surface area (Å²) in [5.41, 5.74) is 0. The zero-order valence-corrected chi connectivity index (χ0v) is 11.8. The molecule has 0 aromatic rings. The van der Waals surface area contributed by atoms with Gasteiger partial charge in [-0.15, -0.1) is 0 Å². The van der Waals surface area contributed by atoms with Crippen LogP contribution >= 0.6 is 0 Å². The van der Waals surface area contributed by atoms with Gasteiger partial charge in [-0.25, -0.2) is 0 Å². The van der Waals surface area contributed by atoms with Gasteiger partial charge in [0, 0.05) is 49.6 Å². The average molecular weight is 284 g/mol. The van der Waals surface area contributed by atoms with Crippen LogP contribution in [0, 0.1) is 10.1 Å². The van der Waals surface area contributed by atoms with Crippen LogP contribution in [0.15, 0.2) is 0 Å². The van der Waals surface area contributed by atoms with Crippen molar-refractivity contribution in [2.75, 3.05) is 32.8 Å². The van der Waals surface area contributed by atoms with E-state index in [-0.39, 0.29) is 11.0 Å². The van der Waals surface area contributed by atoms with Crippen molar-refractivity contribution in [2.45, 2.75) is 50.0 Å². The van der Waals surface area contributed by atoms with Gasteiger partial charge in [0.05, 0.1) is 12.7 Å². The molecule has 1 saturated carbocycles. The molecule has 2 aliphatic heterocycles. The van der Waals surface area contributed by atoms with Gasteiger partial charge >= 0.3 is 0 Å². The highest BCUT2D eigenvalue weighted by molar-refractivity contribution is 4.87. The van der Waals surface area contributed by atoms with Crippen molar-refractivity contribution >= 4 is 0 Å². The summed E-state index contributed by atoms with van der Waals surface area (Å²) in [6.45, 7) is 4.30. The lowest BCUT2D eigenvalue weighted by Gasteiger charge is -2.40. The van der Waals surface area contributed by atoms with Gasteiger partial charge in [-0.3, -0.25) is 20.3 Å². The summed E-state index contributed by atoms with van der Waals surface area (Å²) in [4.78, 5) is 13.0. The number of hydrogen-bond donors (Lipinski definition) is 2. The van der Waals surface area contributed by atoms with Crippen LogP contribution in [-0.2, 0) is 4.74 Å². The highest BCUT2D eigenvalue weighted by Crippen LogP contribution is 2.20. The third-order valence-electron chi connectivity index (χ3n) is 4.52. The first-order valence-corrected chi connectivity index (χ1v) is 7.68. The van der Waals surface area contributed by atoms with Crippen LogP contribution in [0.2, 0.25) is 0 Å². The van der Waals surface area contributed by atoms with E-state index in [0.29, 0.717) is 25.0 Å². The molecule has 3 atom stereocenters. The average Bonchev–Trinajstić information content (AvgIpc) is 3.30. The van der Waals surface area contributed by atoms with Gasteiger partial charge in [0.2, 0.25) is 0 Å². The van der Waals surface area contributed by atoms with Crippen LogP contribution in [-0.4, -0.2) is 67.0 Å². The maximum absolute atomic E-state index is 10.7. The molecule has 20 heavy (non-hydrogen) atoms. The predicted octanol–water partition coefficient (Wildman–Crippen LogP) is -0.206. The summed E-state index contributed by atoms with van der Waals surface area (Å²) in [6.07, 6.45) is 3.83. The molecule has 7 nitrogen and oxygen atoms in total. The zero-order valence-electron chi connectivity index (χ0n) is 11.8. The van der Waals surface area contributed by atoms with Gasteiger partial charge in [-0.1, -0.05) is 0 Å². The number of morpholine rings is 1. The van der Waals surface area contributed by atoms with Crippen LogP contribution in [0.25, 0.3) is 0 Å². The fourth-order valence-corrected chi connectivity index (χ4v) is 3.10. The van der Waals surface area contributed by atoms with E-state index in [1.165, 1.54) is 12.8 Å². The van der Waals surface area contributed by atoms with E-state index in [4.69, 9.17) is 4.74 Å². The van der Waals surface area contributed by atoms with Crippen LogP contribution in [0.5, 0.6) is 0 Å². The molecular formula is C13H24N4O3. The molecule has 0 bridgehead atoms. The summed E-state index contributed by atoms with van der Waals surface area (Å²) in [6, 6.07) is 1.13.